The van der Waals surface area contributed by atoms with Crippen LogP contribution in [0.4, 0.5) is 0 Å². The summed E-state index contributed by atoms with van der Waals surface area (Å²) in [7, 11) is 1.71. The van der Waals surface area contributed by atoms with Crippen molar-refractivity contribution < 1.29 is 9.47 Å². The van der Waals surface area contributed by atoms with Gasteiger partial charge in [-0.2, -0.15) is 0 Å². The molecule has 0 aliphatic heterocycles. The van der Waals surface area contributed by atoms with Crippen LogP contribution in [0.15, 0.2) is 40.9 Å². The number of allylic oxidation sites excluding steroid dienone is 2. The van der Waals surface area contributed by atoms with E-state index in [1.807, 2.05) is 12.1 Å². The van der Waals surface area contributed by atoms with Crippen molar-refractivity contribution in [3.8, 4) is 5.75 Å². The Morgan fingerprint density at radius 1 is 1.23 bits per heavy atom. The van der Waals surface area contributed by atoms with E-state index < -0.39 is 0 Å². The smallest absolute Gasteiger partial charge is 0.119 e. The van der Waals surface area contributed by atoms with Gasteiger partial charge in [-0.15, -0.1) is 0 Å². The van der Waals surface area contributed by atoms with Crippen molar-refractivity contribution >= 4 is 22.0 Å². The zero-order chi connectivity index (χ0) is 18.9. The molecular weight excluding hydrogens is 388 g/mol. The molecule has 3 heteroatoms. The Morgan fingerprint density at radius 3 is 2.69 bits per heavy atom. The Morgan fingerprint density at radius 2 is 2.00 bits per heavy atom. The van der Waals surface area contributed by atoms with Crippen LogP contribution in [0.1, 0.15) is 52.5 Å². The number of benzene rings is 1. The number of halogens is 1. The van der Waals surface area contributed by atoms with Crippen LogP contribution in [0.5, 0.6) is 5.75 Å². The highest BCUT2D eigenvalue weighted by atomic mass is 79.9. The van der Waals surface area contributed by atoms with Gasteiger partial charge in [0.2, 0.25) is 0 Å². The second-order valence-corrected chi connectivity index (χ2v) is 9.67. The molecule has 1 aromatic carbocycles. The average molecular weight is 419 g/mol. The Balaban J connectivity index is 1.80. The first-order chi connectivity index (χ1) is 12.2. The van der Waals surface area contributed by atoms with Crippen molar-refractivity contribution in [2.24, 2.45) is 17.3 Å². The third-order valence-corrected chi connectivity index (χ3v) is 6.58. The first-order valence-corrected chi connectivity index (χ1v) is 10.4. The molecule has 0 bridgehead atoms. The monoisotopic (exact) mass is 418 g/mol. The molecule has 2 aliphatic carbocycles. The molecule has 3 rings (SSSR count). The molecule has 0 radical (unpaired) electrons. The van der Waals surface area contributed by atoms with E-state index in [1.165, 1.54) is 12.0 Å². The Kier molecular flexibility index (Phi) is 5.69. The molecular formula is C23H31BrO2. The van der Waals surface area contributed by atoms with Crippen molar-refractivity contribution in [2.75, 3.05) is 7.11 Å². The minimum atomic E-state index is -0.0926. The molecule has 0 N–H and O–H groups in total. The van der Waals surface area contributed by atoms with Crippen molar-refractivity contribution in [3.05, 3.63) is 46.5 Å². The molecule has 2 aliphatic rings. The van der Waals surface area contributed by atoms with E-state index >= 15 is 0 Å². The fraction of sp³-hybridized carbons (Fsp3) is 0.565. The van der Waals surface area contributed by atoms with E-state index in [0.29, 0.717) is 17.9 Å². The molecule has 26 heavy (non-hydrogen) atoms. The second kappa shape index (κ2) is 7.52. The third kappa shape index (κ3) is 4.09. The molecule has 0 unspecified atom stereocenters. The highest BCUT2D eigenvalue weighted by Crippen LogP contribution is 2.53. The van der Waals surface area contributed by atoms with Crippen molar-refractivity contribution in [2.45, 2.75) is 58.7 Å². The SMILES string of the molecule is COc1ccc(Br)c(/C=C/[C@@H]2CC=C[C@]3(C)[C@@H](OC(C)(C)C)CC[C@@H]23)c1. The topological polar surface area (TPSA) is 18.5 Å². The summed E-state index contributed by atoms with van der Waals surface area (Å²) in [5.74, 6) is 2.08. The molecule has 2 nitrogen and oxygen atoms in total. The Hall–Kier alpha value is -1.06. The highest BCUT2D eigenvalue weighted by molar-refractivity contribution is 9.10. The van der Waals surface area contributed by atoms with Crippen LogP contribution < -0.4 is 4.74 Å². The van der Waals surface area contributed by atoms with E-state index in [4.69, 9.17) is 9.47 Å². The van der Waals surface area contributed by atoms with E-state index in [1.54, 1.807) is 7.11 Å². The molecule has 1 fully saturated rings. The van der Waals surface area contributed by atoms with Gasteiger partial charge in [0.05, 0.1) is 18.8 Å². The summed E-state index contributed by atoms with van der Waals surface area (Å²) in [6, 6.07) is 6.11. The number of ether oxygens (including phenoxy) is 2. The second-order valence-electron chi connectivity index (χ2n) is 8.82. The summed E-state index contributed by atoms with van der Waals surface area (Å²) in [6.07, 6.45) is 13.2. The van der Waals surface area contributed by atoms with Crippen molar-refractivity contribution in [1.82, 2.24) is 0 Å². The van der Waals surface area contributed by atoms with Crippen LogP contribution >= 0.6 is 15.9 Å². The van der Waals surface area contributed by atoms with Gasteiger partial charge in [0.15, 0.2) is 0 Å². The van der Waals surface area contributed by atoms with Gasteiger partial charge in [0.1, 0.15) is 5.75 Å². The summed E-state index contributed by atoms with van der Waals surface area (Å²) in [5, 5.41) is 0. The maximum Gasteiger partial charge on any atom is 0.119 e. The molecule has 0 saturated heterocycles. The summed E-state index contributed by atoms with van der Waals surface area (Å²) in [6.45, 7) is 8.87. The standard InChI is InChI=1S/C23H31BrO2/c1-22(2,3)26-21-13-11-19-16(7-6-14-23(19,21)4)8-9-17-15-18(25-5)10-12-20(17)24/h6,8-10,12,14-16,19,21H,7,11,13H2,1-5H3/b9-8+/t16-,19-,21-,23-/m0/s1. The first-order valence-electron chi connectivity index (χ1n) is 9.60. The lowest BCUT2D eigenvalue weighted by atomic mass is 9.67. The number of hydrogen-bond acceptors (Lipinski definition) is 2. The van der Waals surface area contributed by atoms with Gasteiger partial charge in [0.25, 0.3) is 0 Å². The van der Waals surface area contributed by atoms with E-state index in [-0.39, 0.29) is 11.0 Å². The molecule has 0 amide bonds. The largest absolute Gasteiger partial charge is 0.497 e. The van der Waals surface area contributed by atoms with Gasteiger partial charge in [-0.05, 0) is 75.6 Å². The van der Waals surface area contributed by atoms with Crippen LogP contribution in [0.2, 0.25) is 0 Å². The third-order valence-electron chi connectivity index (χ3n) is 5.86. The zero-order valence-corrected chi connectivity index (χ0v) is 18.2. The van der Waals surface area contributed by atoms with Gasteiger partial charge in [-0.1, -0.05) is 47.2 Å². The quantitative estimate of drug-likeness (QED) is 0.509. The zero-order valence-electron chi connectivity index (χ0n) is 16.6. The summed E-state index contributed by atoms with van der Waals surface area (Å²) in [5.41, 5.74) is 1.21. The molecule has 4 atom stereocenters. The Bertz CT molecular complexity index is 701. The number of hydrogen-bond donors (Lipinski definition) is 0. The van der Waals surface area contributed by atoms with E-state index in [9.17, 15) is 0 Å². The molecule has 1 saturated carbocycles. The first kappa shape index (κ1) is 19.7. The van der Waals surface area contributed by atoms with Crippen LogP contribution in [-0.2, 0) is 4.74 Å². The fourth-order valence-electron chi connectivity index (χ4n) is 4.57. The van der Waals surface area contributed by atoms with Crippen LogP contribution in [0.25, 0.3) is 6.08 Å². The number of rotatable bonds is 4. The minimum absolute atomic E-state index is 0.0926. The maximum absolute atomic E-state index is 6.43. The normalized spacial score (nSPS) is 31.4. The van der Waals surface area contributed by atoms with Gasteiger partial charge in [-0.3, -0.25) is 0 Å². The predicted octanol–water partition coefficient (Wildman–Crippen LogP) is 6.65. The molecule has 0 aromatic heterocycles. The van der Waals surface area contributed by atoms with Gasteiger partial charge in [-0.25, -0.2) is 0 Å². The summed E-state index contributed by atoms with van der Waals surface area (Å²) in [4.78, 5) is 0. The molecule has 0 heterocycles. The number of fused-ring (bicyclic) bond motifs is 1. The molecule has 1 aromatic rings. The fourth-order valence-corrected chi connectivity index (χ4v) is 4.95. The van der Waals surface area contributed by atoms with Crippen LogP contribution in [0.3, 0.4) is 0 Å². The molecule has 0 spiro atoms. The van der Waals surface area contributed by atoms with E-state index in [2.05, 4.69) is 74.0 Å². The predicted molar refractivity (Wildman–Crippen MR) is 112 cm³/mol. The molecule has 142 valence electrons. The average Bonchev–Trinajstić information content (AvgIpc) is 2.89. The van der Waals surface area contributed by atoms with Crippen molar-refractivity contribution in [3.63, 3.8) is 0 Å². The van der Waals surface area contributed by atoms with Crippen molar-refractivity contribution in [1.29, 1.82) is 0 Å². The Labute approximate surface area is 166 Å². The van der Waals surface area contributed by atoms with Crippen LogP contribution in [-0.4, -0.2) is 18.8 Å². The summed E-state index contributed by atoms with van der Waals surface area (Å²) < 4.78 is 12.9. The minimum Gasteiger partial charge on any atom is -0.497 e. The lowest BCUT2D eigenvalue weighted by Gasteiger charge is -2.42. The van der Waals surface area contributed by atoms with Gasteiger partial charge >= 0.3 is 0 Å². The van der Waals surface area contributed by atoms with Gasteiger partial charge in [0, 0.05) is 9.89 Å². The lowest BCUT2D eigenvalue weighted by Crippen LogP contribution is -2.40. The lowest BCUT2D eigenvalue weighted by molar-refractivity contribution is -0.0981. The highest BCUT2D eigenvalue weighted by Gasteiger charge is 2.50. The number of methoxy groups -OCH3 is 1. The van der Waals surface area contributed by atoms with Crippen LogP contribution in [0, 0.1) is 17.3 Å². The van der Waals surface area contributed by atoms with E-state index in [0.717, 1.165) is 23.1 Å². The maximum atomic E-state index is 6.43. The summed E-state index contributed by atoms with van der Waals surface area (Å²) >= 11 is 3.65. The van der Waals surface area contributed by atoms with Gasteiger partial charge < -0.3 is 9.47 Å².